The second-order valence-corrected chi connectivity index (χ2v) is 18.4. The maximum Gasteiger partial charge on any atom is 0.0467 e. The lowest BCUT2D eigenvalue weighted by molar-refractivity contribution is 1.28. The van der Waals surface area contributed by atoms with Gasteiger partial charge in [-0.3, -0.25) is 0 Å². The van der Waals surface area contributed by atoms with Crippen molar-refractivity contribution < 1.29 is 0 Å². The summed E-state index contributed by atoms with van der Waals surface area (Å²) in [5.74, 6) is 0. The zero-order chi connectivity index (χ0) is 47.1. The van der Waals surface area contributed by atoms with Crippen LogP contribution in [-0.4, -0.2) is 0 Å². The van der Waals surface area contributed by atoms with Gasteiger partial charge >= 0.3 is 0 Å². The molecule has 0 unspecified atom stereocenters. The fourth-order valence-electron chi connectivity index (χ4n) is 10.7. The van der Waals surface area contributed by atoms with E-state index in [0.717, 1.165) is 22.6 Å². The molecule has 13 aromatic carbocycles. The third-order valence-electron chi connectivity index (χ3n) is 14.2. The fraction of sp³-hybridized carbons (Fsp3) is 0. The normalized spacial score (nSPS) is 11.4. The molecule has 0 fully saturated rings. The van der Waals surface area contributed by atoms with Gasteiger partial charge in [0.1, 0.15) is 0 Å². The van der Waals surface area contributed by atoms with Gasteiger partial charge in [0, 0.05) is 17.1 Å². The number of hydrogen-bond acceptors (Lipinski definition) is 1. The Kier molecular flexibility index (Phi) is 10.6. The first-order valence-corrected chi connectivity index (χ1v) is 24.5. The summed E-state index contributed by atoms with van der Waals surface area (Å²) in [6, 6.07) is 104. The zero-order valence-electron chi connectivity index (χ0n) is 39.1. The standard InChI is InChI=1S/C70H47N/c1-3-17-54(18-4-1)69-67-27-12-11-26-65(67)66-44-39-59(47-68(66)70(69)55-19-5-2-6-20-55)57-23-13-24-62(46-57)71(61-42-37-51(38-43-61)58-34-31-48-15-7-8-21-56(48)45-58)60-40-35-50(36-41-60)49-29-32-53(33-30-49)64-28-14-22-52-16-9-10-25-63(52)64/h1-47H. The molecule has 0 heterocycles. The minimum absolute atomic E-state index is 1.08. The largest absolute Gasteiger partial charge is 0.310 e. The van der Waals surface area contributed by atoms with E-state index in [2.05, 4.69) is 290 Å². The number of nitrogens with zero attached hydrogens (tertiary/aromatic N) is 1. The van der Waals surface area contributed by atoms with Crippen molar-refractivity contribution in [3.63, 3.8) is 0 Å². The Balaban J connectivity index is 0.917. The van der Waals surface area contributed by atoms with Crippen LogP contribution in [0.3, 0.4) is 0 Å². The summed E-state index contributed by atoms with van der Waals surface area (Å²) in [6.07, 6.45) is 0. The van der Waals surface area contributed by atoms with E-state index in [0.29, 0.717) is 0 Å². The van der Waals surface area contributed by atoms with Gasteiger partial charge in [-0.25, -0.2) is 0 Å². The van der Waals surface area contributed by atoms with Gasteiger partial charge in [-0.2, -0.15) is 0 Å². The Morgan fingerprint density at radius 2 is 0.620 bits per heavy atom. The number of hydrogen-bond donors (Lipinski definition) is 0. The predicted molar refractivity (Wildman–Crippen MR) is 304 cm³/mol. The smallest absolute Gasteiger partial charge is 0.0467 e. The second-order valence-electron chi connectivity index (χ2n) is 18.4. The highest BCUT2D eigenvalue weighted by atomic mass is 15.1. The van der Waals surface area contributed by atoms with Crippen LogP contribution in [0.5, 0.6) is 0 Å². The van der Waals surface area contributed by atoms with Crippen LogP contribution in [0.1, 0.15) is 0 Å². The van der Waals surface area contributed by atoms with Crippen molar-refractivity contribution in [3.05, 3.63) is 285 Å². The molecule has 0 aliphatic carbocycles. The molecule has 1 heteroatoms. The summed E-state index contributed by atoms with van der Waals surface area (Å²) < 4.78 is 0. The van der Waals surface area contributed by atoms with Gasteiger partial charge < -0.3 is 4.90 Å². The molecule has 0 aliphatic heterocycles. The van der Waals surface area contributed by atoms with Crippen molar-refractivity contribution in [3.8, 4) is 66.8 Å². The molecule has 13 rings (SSSR count). The van der Waals surface area contributed by atoms with Crippen molar-refractivity contribution in [2.24, 2.45) is 0 Å². The fourth-order valence-corrected chi connectivity index (χ4v) is 10.7. The van der Waals surface area contributed by atoms with Gasteiger partial charge in [-0.15, -0.1) is 0 Å². The molecule has 0 saturated carbocycles. The first kappa shape index (κ1) is 41.9. The lowest BCUT2D eigenvalue weighted by Gasteiger charge is -2.26. The monoisotopic (exact) mass is 901 g/mol. The SMILES string of the molecule is c1ccc(-c2c(-c3ccccc3)c3cc(-c4cccc(N(c5ccc(-c6ccc(-c7cccc8ccccc78)cc6)cc5)c5ccc(-c6ccc7ccccc7c6)cc5)c4)ccc3c3ccccc23)cc1. The average molecular weight is 902 g/mol. The summed E-state index contributed by atoms with van der Waals surface area (Å²) in [5, 5.41) is 10.00. The topological polar surface area (TPSA) is 3.24 Å². The number of rotatable bonds is 9. The quantitative estimate of drug-likeness (QED) is 0.131. The molecule has 0 amide bonds. The van der Waals surface area contributed by atoms with Crippen LogP contribution in [0, 0.1) is 0 Å². The van der Waals surface area contributed by atoms with Crippen molar-refractivity contribution in [1.82, 2.24) is 0 Å². The van der Waals surface area contributed by atoms with Crippen molar-refractivity contribution in [2.45, 2.75) is 0 Å². The summed E-state index contributed by atoms with van der Waals surface area (Å²) in [6.45, 7) is 0. The van der Waals surface area contributed by atoms with Crippen molar-refractivity contribution >= 4 is 60.2 Å². The van der Waals surface area contributed by atoms with E-state index < -0.39 is 0 Å². The van der Waals surface area contributed by atoms with E-state index >= 15 is 0 Å². The van der Waals surface area contributed by atoms with Crippen LogP contribution >= 0.6 is 0 Å². The minimum Gasteiger partial charge on any atom is -0.310 e. The first-order chi connectivity index (χ1) is 35.2. The zero-order valence-corrected chi connectivity index (χ0v) is 39.1. The molecule has 0 aliphatic rings. The van der Waals surface area contributed by atoms with Crippen molar-refractivity contribution in [1.29, 1.82) is 0 Å². The predicted octanol–water partition coefficient (Wildman–Crippen LogP) is 19.8. The Hall–Kier alpha value is -9.30. The molecule has 0 spiro atoms. The molecule has 1 nitrogen and oxygen atoms in total. The average Bonchev–Trinajstić information content (AvgIpc) is 3.45. The number of benzene rings is 13. The van der Waals surface area contributed by atoms with Crippen LogP contribution in [0.4, 0.5) is 17.1 Å². The summed E-state index contributed by atoms with van der Waals surface area (Å²) in [7, 11) is 0. The highest BCUT2D eigenvalue weighted by molar-refractivity contribution is 6.22. The minimum atomic E-state index is 1.08. The Morgan fingerprint density at radius 3 is 1.31 bits per heavy atom. The molecular formula is C70H47N. The molecule has 0 saturated heterocycles. The molecule has 0 aromatic heterocycles. The Bertz CT molecular complexity index is 4060. The van der Waals surface area contributed by atoms with Gasteiger partial charge in [0.25, 0.3) is 0 Å². The van der Waals surface area contributed by atoms with Gasteiger partial charge in [-0.05, 0) is 158 Å². The Morgan fingerprint density at radius 1 is 0.183 bits per heavy atom. The third-order valence-corrected chi connectivity index (χ3v) is 14.2. The van der Waals surface area contributed by atoms with E-state index in [1.807, 2.05) is 0 Å². The molecule has 0 atom stereocenters. The Labute approximate surface area is 414 Å². The number of fused-ring (bicyclic) bond motifs is 5. The number of anilines is 3. The lowest BCUT2D eigenvalue weighted by Crippen LogP contribution is -2.10. The maximum atomic E-state index is 2.42. The van der Waals surface area contributed by atoms with Gasteiger partial charge in [0.2, 0.25) is 0 Å². The highest BCUT2D eigenvalue weighted by Crippen LogP contribution is 2.46. The summed E-state index contributed by atoms with van der Waals surface area (Å²) in [5.41, 5.74) is 17.7. The lowest BCUT2D eigenvalue weighted by atomic mass is 9.84. The third kappa shape index (κ3) is 7.80. The van der Waals surface area contributed by atoms with Crippen LogP contribution < -0.4 is 4.90 Å². The van der Waals surface area contributed by atoms with Gasteiger partial charge in [0.05, 0.1) is 0 Å². The molecule has 13 aromatic rings. The maximum absolute atomic E-state index is 2.42. The van der Waals surface area contributed by atoms with Crippen LogP contribution in [0.2, 0.25) is 0 Å². The van der Waals surface area contributed by atoms with E-state index in [4.69, 9.17) is 0 Å². The molecule has 332 valence electrons. The molecule has 0 N–H and O–H groups in total. The van der Waals surface area contributed by atoms with Crippen LogP contribution in [-0.2, 0) is 0 Å². The van der Waals surface area contributed by atoms with Gasteiger partial charge in [-0.1, -0.05) is 237 Å². The second kappa shape index (κ2) is 18.0. The van der Waals surface area contributed by atoms with Crippen LogP contribution in [0.15, 0.2) is 285 Å². The van der Waals surface area contributed by atoms with Crippen molar-refractivity contribution in [2.75, 3.05) is 4.90 Å². The molecule has 0 bridgehead atoms. The summed E-state index contributed by atoms with van der Waals surface area (Å²) >= 11 is 0. The van der Waals surface area contributed by atoms with E-state index in [-0.39, 0.29) is 0 Å². The summed E-state index contributed by atoms with van der Waals surface area (Å²) in [4.78, 5) is 2.39. The van der Waals surface area contributed by atoms with E-state index in [1.165, 1.54) is 104 Å². The van der Waals surface area contributed by atoms with E-state index in [9.17, 15) is 0 Å². The highest BCUT2D eigenvalue weighted by Gasteiger charge is 2.20. The first-order valence-electron chi connectivity index (χ1n) is 24.5. The van der Waals surface area contributed by atoms with E-state index in [1.54, 1.807) is 0 Å². The van der Waals surface area contributed by atoms with Crippen LogP contribution in [0.25, 0.3) is 110 Å². The van der Waals surface area contributed by atoms with Gasteiger partial charge in [0.15, 0.2) is 0 Å². The molecule has 0 radical (unpaired) electrons. The molecular weight excluding hydrogens is 855 g/mol. The molecule has 71 heavy (non-hydrogen) atoms.